The van der Waals surface area contributed by atoms with Crippen LogP contribution in [0.1, 0.15) is 78.8 Å². The molecule has 0 radical (unpaired) electrons. The van der Waals surface area contributed by atoms with Crippen molar-refractivity contribution >= 4 is 63.9 Å². The zero-order valence-corrected chi connectivity index (χ0v) is 34.3. The Morgan fingerprint density at radius 2 is 1.31 bits per heavy atom. The van der Waals surface area contributed by atoms with Gasteiger partial charge in [0.05, 0.1) is 27.8 Å². The Bertz CT molecular complexity index is 2810. The predicted molar refractivity (Wildman–Crippen MR) is 220 cm³/mol. The molecule has 2 aromatic carbocycles. The molecule has 0 unspecified atom stereocenters. The summed E-state index contributed by atoms with van der Waals surface area (Å²) in [5.41, 5.74) is 7.71. The summed E-state index contributed by atoms with van der Waals surface area (Å²) >= 11 is 0. The number of hydrogen-bond acceptors (Lipinski definition) is 15. The van der Waals surface area contributed by atoms with Crippen molar-refractivity contribution in [3.05, 3.63) is 82.2 Å². The number of oxazole rings is 2. The molecule has 4 amide bonds. The van der Waals surface area contributed by atoms with Gasteiger partial charge in [-0.05, 0) is 37.1 Å². The standard InChI is InChI=1S/C41H43N11O10/c1-5-25-34(61-21(3)44-25)37(56)48-39-46-27-11-23(15-53)12-29-32(27)51(39)9-7-8-10-52-33-28(47-40(52)49-38(57)35-26(6-2)45-22(4)62-35)13-24(36(42)55)14-30(33)59-20-41(19-58-29)17-50(18-41)31(54)16-60-43/h7-8,11-15H,5-6,9-10,16-20,43H2,1-4H3,(H2,42,55)(H,46,48,56)(H,47,49,57)/b8-7+. The largest absolute Gasteiger partial charge is 0.490 e. The Morgan fingerprint density at radius 3 is 1.79 bits per heavy atom. The average Bonchev–Trinajstić information content (AvgIpc) is 4.00. The fourth-order valence-electron chi connectivity index (χ4n) is 7.70. The summed E-state index contributed by atoms with van der Waals surface area (Å²) in [4.78, 5) is 89.5. The fourth-order valence-corrected chi connectivity index (χ4v) is 7.70. The number of anilines is 2. The monoisotopic (exact) mass is 849 g/mol. The number of imidazole rings is 2. The van der Waals surface area contributed by atoms with Crippen LogP contribution in [0.2, 0.25) is 0 Å². The average molecular weight is 850 g/mol. The number of ether oxygens (including phenoxy) is 2. The third-order valence-electron chi connectivity index (χ3n) is 10.6. The molecule has 0 saturated carbocycles. The third kappa shape index (κ3) is 7.73. The van der Waals surface area contributed by atoms with Gasteiger partial charge in [0.15, 0.2) is 11.8 Å². The molecule has 1 fully saturated rings. The number of likely N-dealkylation sites (tertiary alicyclic amines) is 1. The number of aldehydes is 1. The van der Waals surface area contributed by atoms with Crippen molar-refractivity contribution in [2.24, 2.45) is 17.0 Å². The Hall–Kier alpha value is -7.39. The lowest BCUT2D eigenvalue weighted by Crippen LogP contribution is -2.64. The van der Waals surface area contributed by atoms with E-state index in [1.165, 1.54) is 17.0 Å². The second-order valence-corrected chi connectivity index (χ2v) is 15.0. The number of amides is 4. The van der Waals surface area contributed by atoms with Crippen molar-refractivity contribution in [2.75, 3.05) is 43.5 Å². The lowest BCUT2D eigenvalue weighted by Gasteiger charge is -2.49. The molecule has 2 aliphatic heterocycles. The van der Waals surface area contributed by atoms with Crippen molar-refractivity contribution < 1.29 is 47.1 Å². The highest BCUT2D eigenvalue weighted by molar-refractivity contribution is 6.05. The molecule has 6 N–H and O–H groups in total. The van der Waals surface area contributed by atoms with Gasteiger partial charge >= 0.3 is 0 Å². The molecule has 8 rings (SSSR count). The van der Waals surface area contributed by atoms with Crippen LogP contribution in [0.15, 0.2) is 45.3 Å². The zero-order chi connectivity index (χ0) is 43.9. The molecule has 21 heteroatoms. The topological polar surface area (TPSA) is 280 Å². The molecule has 2 aliphatic rings. The number of nitrogens with two attached hydrogens (primary N) is 2. The minimum absolute atomic E-state index is 0.0274. The number of rotatable bonds is 10. The van der Waals surface area contributed by atoms with E-state index in [-0.39, 0.29) is 103 Å². The van der Waals surface area contributed by atoms with Crippen LogP contribution in [0.4, 0.5) is 11.9 Å². The summed E-state index contributed by atoms with van der Waals surface area (Å²) in [5, 5.41) is 5.72. The second-order valence-electron chi connectivity index (χ2n) is 15.0. The summed E-state index contributed by atoms with van der Waals surface area (Å²) in [6.45, 7) is 7.09. The van der Waals surface area contributed by atoms with Crippen LogP contribution >= 0.6 is 0 Å². The first-order valence-electron chi connectivity index (χ1n) is 19.7. The van der Waals surface area contributed by atoms with Crippen molar-refractivity contribution in [1.29, 1.82) is 0 Å². The van der Waals surface area contributed by atoms with E-state index in [0.717, 1.165) is 0 Å². The molecule has 0 bridgehead atoms. The summed E-state index contributed by atoms with van der Waals surface area (Å²) in [5.74, 6) is 4.37. The van der Waals surface area contributed by atoms with Crippen LogP contribution < -0.4 is 31.7 Å². The van der Waals surface area contributed by atoms with E-state index < -0.39 is 23.1 Å². The van der Waals surface area contributed by atoms with Gasteiger partial charge in [0.25, 0.3) is 17.7 Å². The number of primary amides is 1. The van der Waals surface area contributed by atoms with Gasteiger partial charge in [-0.15, -0.1) is 0 Å². The van der Waals surface area contributed by atoms with Gasteiger partial charge in [-0.3, -0.25) is 39.4 Å². The fraction of sp³-hybridized carbons (Fsp3) is 0.341. The smallest absolute Gasteiger partial charge is 0.295 e. The van der Waals surface area contributed by atoms with Crippen LogP contribution in [-0.4, -0.2) is 96.8 Å². The number of aryl methyl sites for hydroxylation is 4. The predicted octanol–water partition coefficient (Wildman–Crippen LogP) is 3.27. The van der Waals surface area contributed by atoms with Gasteiger partial charge in [-0.25, -0.2) is 25.8 Å². The minimum atomic E-state index is -0.869. The first kappa shape index (κ1) is 41.3. The zero-order valence-electron chi connectivity index (χ0n) is 34.3. The van der Waals surface area contributed by atoms with Crippen molar-refractivity contribution in [2.45, 2.75) is 53.6 Å². The maximum atomic E-state index is 13.7. The molecule has 4 aromatic heterocycles. The van der Waals surface area contributed by atoms with E-state index >= 15 is 0 Å². The number of carbonyl (C=O) groups is 5. The summed E-state index contributed by atoms with van der Waals surface area (Å²) in [7, 11) is 0. The molecule has 62 heavy (non-hydrogen) atoms. The summed E-state index contributed by atoms with van der Waals surface area (Å²) < 4.78 is 27.9. The van der Waals surface area contributed by atoms with Crippen LogP contribution in [0.3, 0.4) is 0 Å². The molecule has 1 saturated heterocycles. The molecular weight excluding hydrogens is 807 g/mol. The molecule has 322 valence electrons. The Kier molecular flexibility index (Phi) is 11.1. The Balaban J connectivity index is 1.26. The van der Waals surface area contributed by atoms with E-state index in [1.54, 1.807) is 41.2 Å². The lowest BCUT2D eigenvalue weighted by molar-refractivity contribution is -0.153. The quantitative estimate of drug-likeness (QED) is 0.0875. The molecule has 6 heterocycles. The van der Waals surface area contributed by atoms with E-state index in [0.29, 0.717) is 58.8 Å². The summed E-state index contributed by atoms with van der Waals surface area (Å²) in [6.07, 6.45) is 5.16. The Labute approximate surface area is 352 Å². The number of nitrogens with one attached hydrogen (secondary N) is 2. The maximum Gasteiger partial charge on any atom is 0.295 e. The van der Waals surface area contributed by atoms with E-state index in [2.05, 4.69) is 25.4 Å². The molecule has 21 nitrogen and oxygen atoms in total. The van der Waals surface area contributed by atoms with E-state index in [1.807, 2.05) is 19.9 Å². The number of nitrogens with zero attached hydrogens (tertiary/aromatic N) is 7. The number of carbonyl (C=O) groups excluding carboxylic acids is 5. The number of allylic oxidation sites excluding steroid dienone is 2. The first-order valence-corrected chi connectivity index (χ1v) is 19.7. The van der Waals surface area contributed by atoms with Crippen LogP contribution in [-0.2, 0) is 35.6 Å². The van der Waals surface area contributed by atoms with Gasteiger partial charge in [-0.2, -0.15) is 0 Å². The summed E-state index contributed by atoms with van der Waals surface area (Å²) in [6, 6.07) is 6.14. The highest BCUT2D eigenvalue weighted by atomic mass is 16.6. The van der Waals surface area contributed by atoms with Crippen LogP contribution in [0, 0.1) is 19.3 Å². The Morgan fingerprint density at radius 1 is 0.790 bits per heavy atom. The van der Waals surface area contributed by atoms with Gasteiger partial charge in [0, 0.05) is 51.2 Å². The molecule has 1 spiro atoms. The van der Waals surface area contributed by atoms with Crippen molar-refractivity contribution in [1.82, 2.24) is 34.0 Å². The van der Waals surface area contributed by atoms with Gasteiger partial charge in [0.1, 0.15) is 48.6 Å². The molecule has 0 atom stereocenters. The van der Waals surface area contributed by atoms with E-state index in [4.69, 9.17) is 39.9 Å². The SMILES string of the molecule is CCc1nc(C)oc1C(=O)Nc1nc2cc(C=O)cc3c2n1C/C=C/Cn1c(NC(=O)c2oc(C)nc2CC)nc2cc(C(N)=O)cc(c21)OCC1(CO3)CN(C(=O)CON)C1. The first-order chi connectivity index (χ1) is 29.8. The molecule has 6 aromatic rings. The van der Waals surface area contributed by atoms with Crippen LogP contribution in [0.25, 0.3) is 22.1 Å². The van der Waals surface area contributed by atoms with Crippen molar-refractivity contribution in [3.8, 4) is 11.5 Å². The van der Waals surface area contributed by atoms with Crippen molar-refractivity contribution in [3.63, 3.8) is 0 Å². The van der Waals surface area contributed by atoms with Gasteiger partial charge < -0.3 is 38.1 Å². The maximum absolute atomic E-state index is 13.7. The number of benzene rings is 2. The minimum Gasteiger partial charge on any atom is -0.490 e. The van der Waals surface area contributed by atoms with Gasteiger partial charge in [-0.1, -0.05) is 26.0 Å². The second kappa shape index (κ2) is 16.6. The highest BCUT2D eigenvalue weighted by Gasteiger charge is 2.47. The number of aromatic nitrogens is 6. The third-order valence-corrected chi connectivity index (χ3v) is 10.6. The van der Waals surface area contributed by atoms with Crippen LogP contribution in [0.5, 0.6) is 11.5 Å². The molecule has 0 aliphatic carbocycles. The van der Waals surface area contributed by atoms with E-state index in [9.17, 15) is 24.0 Å². The van der Waals surface area contributed by atoms with Gasteiger partial charge in [0.2, 0.25) is 29.3 Å². The lowest BCUT2D eigenvalue weighted by atomic mass is 9.81. The molecular formula is C41H43N11O10. The number of hydrogen-bond donors (Lipinski definition) is 4. The highest BCUT2D eigenvalue weighted by Crippen LogP contribution is 2.38. The normalized spacial score (nSPS) is 15.3.